The van der Waals surface area contributed by atoms with Crippen LogP contribution < -0.4 is 15.9 Å². The molecule has 1 saturated heterocycles. The van der Waals surface area contributed by atoms with E-state index in [2.05, 4.69) is 15.3 Å². The summed E-state index contributed by atoms with van der Waals surface area (Å²) < 4.78 is 3.06. The predicted molar refractivity (Wildman–Crippen MR) is 132 cm³/mol. The number of aromatic nitrogens is 3. The lowest BCUT2D eigenvalue weighted by Crippen LogP contribution is -2.50. The van der Waals surface area contributed by atoms with Gasteiger partial charge in [-0.2, -0.15) is 5.10 Å². The molecule has 1 aliphatic rings. The van der Waals surface area contributed by atoms with Crippen LogP contribution in [0.25, 0.3) is 5.69 Å². The Hall–Kier alpha value is -2.97. The van der Waals surface area contributed by atoms with Crippen molar-refractivity contribution in [3.63, 3.8) is 0 Å². The fourth-order valence-electron chi connectivity index (χ4n) is 3.76. The molecule has 0 radical (unpaired) electrons. The van der Waals surface area contributed by atoms with Gasteiger partial charge in [-0.05, 0) is 49.7 Å². The third kappa shape index (κ3) is 4.86. The van der Waals surface area contributed by atoms with E-state index in [0.717, 1.165) is 17.8 Å². The molecule has 2 aromatic carbocycles. The molecule has 0 saturated carbocycles. The maximum atomic E-state index is 12.7. The number of carbonyl (C=O) groups excluding carboxylic acids is 1. The van der Waals surface area contributed by atoms with Gasteiger partial charge in [-0.1, -0.05) is 36.2 Å². The number of piperazine rings is 1. The van der Waals surface area contributed by atoms with Gasteiger partial charge in [0.15, 0.2) is 0 Å². The Morgan fingerprint density at radius 2 is 1.64 bits per heavy atom. The van der Waals surface area contributed by atoms with E-state index in [-0.39, 0.29) is 17.8 Å². The van der Waals surface area contributed by atoms with Crippen molar-refractivity contribution in [2.24, 2.45) is 0 Å². The van der Waals surface area contributed by atoms with Crippen LogP contribution in [-0.4, -0.2) is 51.5 Å². The van der Waals surface area contributed by atoms with Crippen LogP contribution in [0.15, 0.2) is 53.6 Å². The van der Waals surface area contributed by atoms with Crippen molar-refractivity contribution in [2.75, 3.05) is 36.4 Å². The fraction of sp³-hybridized carbons (Fsp3) is 0.348. The summed E-state index contributed by atoms with van der Waals surface area (Å²) in [5, 5.41) is 7.86. The first-order valence-corrected chi connectivity index (χ1v) is 11.7. The van der Waals surface area contributed by atoms with Gasteiger partial charge >= 0.3 is 11.7 Å². The molecule has 0 aliphatic carbocycles. The number of para-hydroxylation sites is 1. The Morgan fingerprint density at radius 3 is 2.24 bits per heavy atom. The van der Waals surface area contributed by atoms with Crippen LogP contribution in [0.2, 0.25) is 10.0 Å². The first-order valence-electron chi connectivity index (χ1n) is 10.9. The van der Waals surface area contributed by atoms with Crippen molar-refractivity contribution in [3.8, 4) is 5.69 Å². The van der Waals surface area contributed by atoms with E-state index in [1.54, 1.807) is 34.0 Å². The molecule has 174 valence electrons. The van der Waals surface area contributed by atoms with Crippen LogP contribution in [0, 0.1) is 0 Å². The van der Waals surface area contributed by atoms with Gasteiger partial charge in [0.1, 0.15) is 6.33 Å². The maximum Gasteiger partial charge on any atom is 0.350 e. The molecule has 0 bridgehead atoms. The molecule has 1 unspecified atom stereocenters. The van der Waals surface area contributed by atoms with Gasteiger partial charge in [0.05, 0.1) is 27.5 Å². The Kier molecular flexibility index (Phi) is 6.95. The zero-order chi connectivity index (χ0) is 23.5. The third-order valence-corrected chi connectivity index (χ3v) is 6.59. The second kappa shape index (κ2) is 9.89. The highest BCUT2D eigenvalue weighted by atomic mass is 35.5. The van der Waals surface area contributed by atoms with E-state index < -0.39 is 0 Å². The second-order valence-corrected chi connectivity index (χ2v) is 8.82. The van der Waals surface area contributed by atoms with Crippen molar-refractivity contribution in [1.82, 2.24) is 19.2 Å². The predicted octanol–water partition coefficient (Wildman–Crippen LogP) is 4.67. The van der Waals surface area contributed by atoms with Crippen molar-refractivity contribution in [2.45, 2.75) is 26.3 Å². The number of anilines is 2. The normalized spacial score (nSPS) is 14.9. The van der Waals surface area contributed by atoms with Gasteiger partial charge in [-0.15, -0.1) is 0 Å². The molecule has 0 spiro atoms. The summed E-state index contributed by atoms with van der Waals surface area (Å²) in [6.07, 6.45) is 2.40. The molecule has 10 heteroatoms. The fourth-order valence-corrected chi connectivity index (χ4v) is 4.26. The number of hydrogen-bond donors (Lipinski definition) is 1. The van der Waals surface area contributed by atoms with E-state index in [0.29, 0.717) is 41.9 Å². The number of amides is 2. The summed E-state index contributed by atoms with van der Waals surface area (Å²) in [6.45, 7) is 6.52. The summed E-state index contributed by atoms with van der Waals surface area (Å²) in [5.41, 5.74) is 2.09. The summed E-state index contributed by atoms with van der Waals surface area (Å²) in [5.74, 6) is 0. The average Bonchev–Trinajstić information content (AvgIpc) is 3.22. The van der Waals surface area contributed by atoms with Crippen molar-refractivity contribution >= 4 is 40.6 Å². The molecule has 2 amide bonds. The molecule has 33 heavy (non-hydrogen) atoms. The standard InChI is InChI=1S/C23H26Cl2N6O2/c1-3-16(2)31-23(33)30(15-26-31)18-9-7-17(8-10-18)28-11-13-29(14-12-28)22(32)27-21-19(24)5-4-6-20(21)25/h4-10,15-16H,3,11-14H2,1-2H3,(H,27,32). The van der Waals surface area contributed by atoms with E-state index in [1.807, 2.05) is 38.1 Å². The highest BCUT2D eigenvalue weighted by Crippen LogP contribution is 2.30. The molecule has 8 nitrogen and oxygen atoms in total. The minimum atomic E-state index is -0.224. The quantitative estimate of drug-likeness (QED) is 0.566. The molecule has 1 fully saturated rings. The Morgan fingerprint density at radius 1 is 1.03 bits per heavy atom. The molecule has 1 atom stereocenters. The lowest BCUT2D eigenvalue weighted by molar-refractivity contribution is 0.208. The van der Waals surface area contributed by atoms with Crippen LogP contribution in [0.5, 0.6) is 0 Å². The topological polar surface area (TPSA) is 75.4 Å². The third-order valence-electron chi connectivity index (χ3n) is 5.96. The Labute approximate surface area is 202 Å². The Balaban J connectivity index is 1.38. The second-order valence-electron chi connectivity index (χ2n) is 8.00. The molecule has 1 aliphatic heterocycles. The molecule has 2 heterocycles. The molecule has 1 aromatic heterocycles. The number of hydrogen-bond acceptors (Lipinski definition) is 4. The molecular formula is C23H26Cl2N6O2. The van der Waals surface area contributed by atoms with E-state index in [1.165, 1.54) is 4.68 Å². The van der Waals surface area contributed by atoms with Crippen LogP contribution in [0.1, 0.15) is 26.3 Å². The van der Waals surface area contributed by atoms with Gasteiger partial charge in [0.2, 0.25) is 0 Å². The van der Waals surface area contributed by atoms with Gasteiger partial charge in [0, 0.05) is 31.9 Å². The number of halogens is 2. The molecular weight excluding hydrogens is 463 g/mol. The van der Waals surface area contributed by atoms with Crippen molar-refractivity contribution in [3.05, 3.63) is 69.3 Å². The zero-order valence-electron chi connectivity index (χ0n) is 18.5. The number of nitrogens with one attached hydrogen (secondary N) is 1. The lowest BCUT2D eigenvalue weighted by atomic mass is 10.2. The van der Waals surface area contributed by atoms with Gasteiger partial charge in [-0.3, -0.25) is 0 Å². The van der Waals surface area contributed by atoms with Crippen molar-refractivity contribution in [1.29, 1.82) is 0 Å². The van der Waals surface area contributed by atoms with E-state index >= 15 is 0 Å². The monoisotopic (exact) mass is 488 g/mol. The van der Waals surface area contributed by atoms with Crippen LogP contribution >= 0.6 is 23.2 Å². The molecule has 3 aromatic rings. The van der Waals surface area contributed by atoms with E-state index in [9.17, 15) is 9.59 Å². The highest BCUT2D eigenvalue weighted by Gasteiger charge is 2.22. The van der Waals surface area contributed by atoms with Gasteiger partial charge < -0.3 is 15.1 Å². The van der Waals surface area contributed by atoms with Gasteiger partial charge in [0.25, 0.3) is 0 Å². The molecule has 4 rings (SSSR count). The smallest absolute Gasteiger partial charge is 0.350 e. The first kappa shape index (κ1) is 23.2. The highest BCUT2D eigenvalue weighted by molar-refractivity contribution is 6.39. The van der Waals surface area contributed by atoms with Gasteiger partial charge in [-0.25, -0.2) is 18.8 Å². The summed E-state index contributed by atoms with van der Waals surface area (Å²) >= 11 is 12.3. The summed E-state index contributed by atoms with van der Waals surface area (Å²) in [4.78, 5) is 29.2. The minimum Gasteiger partial charge on any atom is -0.368 e. The summed E-state index contributed by atoms with van der Waals surface area (Å²) in [6, 6.07) is 12.7. The SMILES string of the molecule is CCC(C)n1ncn(-c2ccc(N3CCN(C(=O)Nc4c(Cl)cccc4Cl)CC3)cc2)c1=O. The number of carbonyl (C=O) groups is 1. The van der Waals surface area contributed by atoms with Crippen LogP contribution in [0.4, 0.5) is 16.2 Å². The number of rotatable bonds is 5. The Bertz CT molecular complexity index is 1160. The number of nitrogens with zero attached hydrogens (tertiary/aromatic N) is 5. The average molecular weight is 489 g/mol. The lowest BCUT2D eigenvalue weighted by Gasteiger charge is -2.36. The first-order chi connectivity index (χ1) is 15.9. The maximum absolute atomic E-state index is 12.7. The van der Waals surface area contributed by atoms with Crippen LogP contribution in [0.3, 0.4) is 0 Å². The minimum absolute atomic E-state index is 0.0560. The zero-order valence-corrected chi connectivity index (χ0v) is 20.1. The number of benzene rings is 2. The van der Waals surface area contributed by atoms with Crippen molar-refractivity contribution < 1.29 is 4.79 Å². The van der Waals surface area contributed by atoms with Crippen LogP contribution in [-0.2, 0) is 0 Å². The molecule has 1 N–H and O–H groups in total. The number of urea groups is 1. The largest absolute Gasteiger partial charge is 0.368 e. The van der Waals surface area contributed by atoms with E-state index in [4.69, 9.17) is 23.2 Å². The summed E-state index contributed by atoms with van der Waals surface area (Å²) in [7, 11) is 0.